The minimum Gasteiger partial charge on any atom is -0.323 e. The number of rotatable bonds is 10. The molecular formula is C32H40N9P3. The first-order chi connectivity index (χ1) is 21.2. The van der Waals surface area contributed by atoms with Crippen LogP contribution in [-0.4, -0.2) is 35.5 Å². The number of nitrogens with one attached hydrogen (secondary N) is 4. The summed E-state index contributed by atoms with van der Waals surface area (Å²) >= 11 is 0. The predicted molar refractivity (Wildman–Crippen MR) is 190 cm³/mol. The second kappa shape index (κ2) is 11.6. The molecule has 4 aromatic carbocycles. The number of anilines is 4. The molecule has 2 saturated heterocycles. The van der Waals surface area contributed by atoms with E-state index in [1.165, 1.54) is 22.3 Å². The molecular weight excluding hydrogens is 603 g/mol. The van der Waals surface area contributed by atoms with Gasteiger partial charge in [-0.25, -0.2) is 9.34 Å². The quantitative estimate of drug-likeness (QED) is 0.102. The summed E-state index contributed by atoms with van der Waals surface area (Å²) < 4.78 is 22.1. The number of nitrogens with zero attached hydrogens (tertiary/aromatic N) is 5. The van der Waals surface area contributed by atoms with Gasteiger partial charge in [0.05, 0.1) is 0 Å². The summed E-state index contributed by atoms with van der Waals surface area (Å²) in [5, 5.41) is 15.6. The summed E-state index contributed by atoms with van der Waals surface area (Å²) in [6, 6.07) is 34.2. The van der Waals surface area contributed by atoms with Crippen molar-refractivity contribution in [3.63, 3.8) is 0 Å². The monoisotopic (exact) mass is 643 g/mol. The van der Waals surface area contributed by atoms with Crippen molar-refractivity contribution < 1.29 is 0 Å². The van der Waals surface area contributed by atoms with Crippen LogP contribution in [0.2, 0.25) is 0 Å². The molecule has 4 N–H and O–H groups in total. The van der Waals surface area contributed by atoms with Gasteiger partial charge in [-0.05, 0) is 76.2 Å². The average Bonchev–Trinajstić information content (AvgIpc) is 3.91. The molecule has 0 aromatic heterocycles. The Labute approximate surface area is 261 Å². The molecule has 44 heavy (non-hydrogen) atoms. The SMILES string of the molecule is Cc1ccc(NP2(Nc3ccc(C)cc3)=N[P@](Nc3ccc(C)cc3)(N3CC3)=N[P@](Nc3ccc(C)cc3)(N3CC3)=N2)cc1. The van der Waals surface area contributed by atoms with Crippen LogP contribution in [0.4, 0.5) is 22.7 Å². The van der Waals surface area contributed by atoms with E-state index in [0.29, 0.717) is 0 Å². The first-order valence-corrected chi connectivity index (χ1v) is 20.0. The van der Waals surface area contributed by atoms with Crippen molar-refractivity contribution in [2.45, 2.75) is 27.7 Å². The standard InChI is InChI=1S/C32H40N9P3/c1-25-5-13-29(14-6-25)33-42(34-30-15-7-26(2)8-16-30)37-43(40-21-22-40,35-31-17-9-27(3)10-18-31)39-44(38-42,41-23-24-41)36-32-19-11-28(4)12-20-32/h5-20,33-36H,21-24H2,1-4H3/t43-,44+. The largest absolute Gasteiger partial charge is 0.323 e. The molecule has 0 bridgehead atoms. The van der Waals surface area contributed by atoms with Gasteiger partial charge in [0.1, 0.15) is 0 Å². The first kappa shape index (κ1) is 29.4. The summed E-state index contributed by atoms with van der Waals surface area (Å²) in [5.41, 5.74) is 8.87. The van der Waals surface area contributed by atoms with Gasteiger partial charge < -0.3 is 20.3 Å². The van der Waals surface area contributed by atoms with Crippen molar-refractivity contribution >= 4 is 45.3 Å². The third-order valence-electron chi connectivity index (χ3n) is 7.73. The van der Waals surface area contributed by atoms with E-state index in [1.54, 1.807) is 0 Å². The minimum absolute atomic E-state index is 0.944. The van der Waals surface area contributed by atoms with Crippen molar-refractivity contribution in [2.24, 2.45) is 13.5 Å². The fraction of sp³-hybridized carbons (Fsp3) is 0.250. The Bertz CT molecular complexity index is 1710. The van der Waals surface area contributed by atoms with Gasteiger partial charge in [0.15, 0.2) is 0 Å². The molecule has 0 aliphatic carbocycles. The van der Waals surface area contributed by atoms with Gasteiger partial charge in [-0.15, -0.1) is 0 Å². The lowest BCUT2D eigenvalue weighted by atomic mass is 10.2. The molecule has 12 heteroatoms. The highest BCUT2D eigenvalue weighted by Crippen LogP contribution is 2.80. The highest BCUT2D eigenvalue weighted by Gasteiger charge is 2.49. The van der Waals surface area contributed by atoms with Crippen LogP contribution in [0.3, 0.4) is 0 Å². The smallest absolute Gasteiger partial charge is 0.267 e. The summed E-state index contributed by atoms with van der Waals surface area (Å²) in [4.78, 5) is 0. The zero-order chi connectivity index (χ0) is 30.4. The maximum Gasteiger partial charge on any atom is 0.267 e. The topological polar surface area (TPSA) is 91.2 Å². The van der Waals surface area contributed by atoms with Crippen LogP contribution in [0.5, 0.6) is 0 Å². The Morgan fingerprint density at radius 3 is 1.02 bits per heavy atom. The van der Waals surface area contributed by atoms with Gasteiger partial charge in [-0.3, -0.25) is 0 Å². The van der Waals surface area contributed by atoms with Gasteiger partial charge in [0, 0.05) is 48.9 Å². The van der Waals surface area contributed by atoms with Crippen molar-refractivity contribution in [1.29, 1.82) is 0 Å². The summed E-state index contributed by atoms with van der Waals surface area (Å²) in [5.74, 6) is 0. The molecule has 0 unspecified atom stereocenters. The van der Waals surface area contributed by atoms with Gasteiger partial charge in [-0.2, -0.15) is 13.5 Å². The molecule has 7 rings (SSSR count). The second-order valence-electron chi connectivity index (χ2n) is 11.8. The lowest BCUT2D eigenvalue weighted by Crippen LogP contribution is -2.15. The maximum absolute atomic E-state index is 5.78. The molecule has 0 amide bonds. The zero-order valence-corrected chi connectivity index (χ0v) is 28.3. The second-order valence-corrected chi connectivity index (χ2v) is 19.5. The Balaban J connectivity index is 1.48. The molecule has 3 heterocycles. The molecule has 228 valence electrons. The zero-order valence-electron chi connectivity index (χ0n) is 25.6. The van der Waals surface area contributed by atoms with Crippen molar-refractivity contribution in [3.05, 3.63) is 119 Å². The van der Waals surface area contributed by atoms with Crippen LogP contribution >= 0.6 is 22.5 Å². The molecule has 3 aliphatic rings. The number of aryl methyl sites for hydroxylation is 4. The highest BCUT2D eigenvalue weighted by molar-refractivity contribution is 7.87. The van der Waals surface area contributed by atoms with E-state index in [1.807, 2.05) is 0 Å². The van der Waals surface area contributed by atoms with E-state index in [-0.39, 0.29) is 0 Å². The molecule has 2 fully saturated rings. The van der Waals surface area contributed by atoms with E-state index in [9.17, 15) is 0 Å². The Kier molecular flexibility index (Phi) is 7.73. The molecule has 0 spiro atoms. The van der Waals surface area contributed by atoms with Crippen LogP contribution in [0.15, 0.2) is 111 Å². The van der Waals surface area contributed by atoms with E-state index in [0.717, 1.165) is 48.9 Å². The summed E-state index contributed by atoms with van der Waals surface area (Å²) in [7, 11) is -8.23. The first-order valence-electron chi connectivity index (χ1n) is 15.0. The van der Waals surface area contributed by atoms with Crippen LogP contribution in [-0.2, 0) is 0 Å². The van der Waals surface area contributed by atoms with Gasteiger partial charge in [-0.1, -0.05) is 70.8 Å². The summed E-state index contributed by atoms with van der Waals surface area (Å²) in [6.45, 7) is 12.2. The average molecular weight is 644 g/mol. The lowest BCUT2D eigenvalue weighted by molar-refractivity contribution is 0.887. The maximum atomic E-state index is 5.78. The number of hydrogen-bond acceptors (Lipinski definition) is 9. The molecule has 2 atom stereocenters. The predicted octanol–water partition coefficient (Wildman–Crippen LogP) is 10.2. The molecule has 4 aromatic rings. The fourth-order valence-electron chi connectivity index (χ4n) is 5.03. The van der Waals surface area contributed by atoms with Gasteiger partial charge in [0.25, 0.3) is 7.51 Å². The molecule has 3 aliphatic heterocycles. The Morgan fingerprint density at radius 1 is 0.409 bits per heavy atom. The molecule has 0 saturated carbocycles. The van der Waals surface area contributed by atoms with Crippen molar-refractivity contribution in [2.75, 3.05) is 46.5 Å². The highest BCUT2D eigenvalue weighted by atomic mass is 31.3. The Hall–Kier alpha value is -3.31. The number of benzene rings is 4. The van der Waals surface area contributed by atoms with E-state index >= 15 is 0 Å². The fourth-order valence-corrected chi connectivity index (χ4v) is 17.6. The molecule has 0 radical (unpaired) electrons. The van der Waals surface area contributed by atoms with Gasteiger partial charge in [0.2, 0.25) is 15.0 Å². The van der Waals surface area contributed by atoms with E-state index in [4.69, 9.17) is 13.5 Å². The lowest BCUT2D eigenvalue weighted by Gasteiger charge is -2.38. The number of hydrogen-bond donors (Lipinski definition) is 4. The third-order valence-corrected chi connectivity index (χ3v) is 18.4. The van der Waals surface area contributed by atoms with Crippen LogP contribution < -0.4 is 20.3 Å². The molecule has 9 nitrogen and oxygen atoms in total. The van der Waals surface area contributed by atoms with Crippen LogP contribution in [0.25, 0.3) is 0 Å². The van der Waals surface area contributed by atoms with Gasteiger partial charge >= 0.3 is 0 Å². The van der Waals surface area contributed by atoms with Crippen molar-refractivity contribution in [1.82, 2.24) is 9.34 Å². The minimum atomic E-state index is -2.88. The normalized spacial score (nSPS) is 23.8. The van der Waals surface area contributed by atoms with E-state index < -0.39 is 22.5 Å². The summed E-state index contributed by atoms with van der Waals surface area (Å²) in [6.07, 6.45) is 0. The van der Waals surface area contributed by atoms with Crippen LogP contribution in [0.1, 0.15) is 22.3 Å². The third kappa shape index (κ3) is 6.40. The Morgan fingerprint density at radius 2 is 0.705 bits per heavy atom. The van der Waals surface area contributed by atoms with Crippen LogP contribution in [0, 0.1) is 27.7 Å². The van der Waals surface area contributed by atoms with Crippen molar-refractivity contribution in [3.8, 4) is 0 Å². The van der Waals surface area contributed by atoms with E-state index in [2.05, 4.69) is 154 Å².